The molecule has 0 aromatic heterocycles. The molecule has 0 bridgehead atoms. The summed E-state index contributed by atoms with van der Waals surface area (Å²) >= 11 is 5.93. The molecule has 2 aromatic rings. The van der Waals surface area contributed by atoms with Gasteiger partial charge in [0, 0.05) is 11.1 Å². The summed E-state index contributed by atoms with van der Waals surface area (Å²) in [6, 6.07) is 12.5. The van der Waals surface area contributed by atoms with E-state index in [4.69, 9.17) is 21.1 Å². The molecular formula is C18H18ClNO3. The van der Waals surface area contributed by atoms with Gasteiger partial charge in [0.15, 0.2) is 0 Å². The molecule has 2 aromatic carbocycles. The highest BCUT2D eigenvalue weighted by Crippen LogP contribution is 2.27. The van der Waals surface area contributed by atoms with Gasteiger partial charge in [-0.2, -0.15) is 0 Å². The largest absolute Gasteiger partial charge is 0.495 e. The second-order valence-corrected chi connectivity index (χ2v) is 5.11. The molecule has 0 aliphatic heterocycles. The van der Waals surface area contributed by atoms with Crippen LogP contribution in [0.25, 0.3) is 6.08 Å². The quantitative estimate of drug-likeness (QED) is 0.798. The molecule has 0 heterocycles. The van der Waals surface area contributed by atoms with Gasteiger partial charge in [0.2, 0.25) is 5.91 Å². The van der Waals surface area contributed by atoms with Crippen LogP contribution in [0.4, 0.5) is 5.69 Å². The maximum atomic E-state index is 12.0. The van der Waals surface area contributed by atoms with E-state index in [2.05, 4.69) is 5.32 Å². The fourth-order valence-corrected chi connectivity index (χ4v) is 2.14. The standard InChI is InChI=1S/C18H18ClNO3/c1-3-23-15-8-4-13(5-9-15)6-11-18(21)20-16-12-14(19)7-10-17(16)22-2/h4-12H,3H2,1-2H3,(H,20,21)/b11-6+. The van der Waals surface area contributed by atoms with E-state index in [1.807, 2.05) is 31.2 Å². The first-order chi connectivity index (χ1) is 11.1. The lowest BCUT2D eigenvalue weighted by molar-refractivity contribution is -0.111. The second kappa shape index (κ2) is 8.25. The number of carbonyl (C=O) groups excluding carboxylic acids is 1. The zero-order valence-electron chi connectivity index (χ0n) is 13.0. The lowest BCUT2D eigenvalue weighted by Crippen LogP contribution is -2.08. The number of hydrogen-bond donors (Lipinski definition) is 1. The molecule has 0 aliphatic carbocycles. The molecule has 0 fully saturated rings. The summed E-state index contributed by atoms with van der Waals surface area (Å²) < 4.78 is 10.6. The van der Waals surface area contributed by atoms with Crippen LogP contribution in [0.15, 0.2) is 48.5 Å². The van der Waals surface area contributed by atoms with Crippen molar-refractivity contribution in [3.05, 3.63) is 59.1 Å². The average molecular weight is 332 g/mol. The number of benzene rings is 2. The SMILES string of the molecule is CCOc1ccc(/C=C/C(=O)Nc2cc(Cl)ccc2OC)cc1. The van der Waals surface area contributed by atoms with Crippen molar-refractivity contribution in [3.63, 3.8) is 0 Å². The third-order valence-corrected chi connectivity index (χ3v) is 3.27. The Morgan fingerprint density at radius 2 is 1.96 bits per heavy atom. The van der Waals surface area contributed by atoms with Gasteiger partial charge in [-0.05, 0) is 48.9 Å². The predicted octanol–water partition coefficient (Wildman–Crippen LogP) is 4.40. The van der Waals surface area contributed by atoms with Gasteiger partial charge in [-0.15, -0.1) is 0 Å². The van der Waals surface area contributed by atoms with E-state index >= 15 is 0 Å². The van der Waals surface area contributed by atoms with Gasteiger partial charge in [-0.25, -0.2) is 0 Å². The molecule has 2 rings (SSSR count). The molecule has 4 nitrogen and oxygen atoms in total. The van der Waals surface area contributed by atoms with Gasteiger partial charge in [0.1, 0.15) is 11.5 Å². The number of methoxy groups -OCH3 is 1. The van der Waals surface area contributed by atoms with Gasteiger partial charge in [0.25, 0.3) is 0 Å². The van der Waals surface area contributed by atoms with Crippen molar-refractivity contribution < 1.29 is 14.3 Å². The molecular weight excluding hydrogens is 314 g/mol. The Morgan fingerprint density at radius 1 is 1.22 bits per heavy atom. The van der Waals surface area contributed by atoms with Crippen LogP contribution in [-0.4, -0.2) is 19.6 Å². The number of hydrogen-bond acceptors (Lipinski definition) is 3. The second-order valence-electron chi connectivity index (χ2n) is 4.67. The normalized spacial score (nSPS) is 10.6. The summed E-state index contributed by atoms with van der Waals surface area (Å²) in [5.74, 6) is 1.09. The molecule has 23 heavy (non-hydrogen) atoms. The van der Waals surface area contributed by atoms with Crippen LogP contribution >= 0.6 is 11.6 Å². The molecule has 0 radical (unpaired) electrons. The van der Waals surface area contributed by atoms with E-state index in [1.165, 1.54) is 13.2 Å². The molecule has 0 unspecified atom stereocenters. The molecule has 1 N–H and O–H groups in total. The number of halogens is 1. The highest BCUT2D eigenvalue weighted by Gasteiger charge is 2.06. The molecule has 0 spiro atoms. The lowest BCUT2D eigenvalue weighted by atomic mass is 10.2. The Morgan fingerprint density at radius 3 is 2.61 bits per heavy atom. The molecule has 120 valence electrons. The molecule has 0 atom stereocenters. The van der Waals surface area contributed by atoms with Crippen LogP contribution in [0.1, 0.15) is 12.5 Å². The summed E-state index contributed by atoms with van der Waals surface area (Å²) in [6.07, 6.45) is 3.18. The first kappa shape index (κ1) is 16.9. The minimum atomic E-state index is -0.264. The number of ether oxygens (including phenoxy) is 2. The highest BCUT2D eigenvalue weighted by atomic mass is 35.5. The number of carbonyl (C=O) groups is 1. The number of anilines is 1. The molecule has 0 saturated carbocycles. The number of nitrogens with one attached hydrogen (secondary N) is 1. The zero-order valence-corrected chi connectivity index (χ0v) is 13.8. The van der Waals surface area contributed by atoms with Gasteiger partial charge in [-0.3, -0.25) is 4.79 Å². The Hall–Kier alpha value is -2.46. The molecule has 0 aliphatic rings. The Balaban J connectivity index is 2.03. The van der Waals surface area contributed by atoms with Crippen LogP contribution in [0.2, 0.25) is 5.02 Å². The monoisotopic (exact) mass is 331 g/mol. The maximum Gasteiger partial charge on any atom is 0.248 e. The minimum absolute atomic E-state index is 0.264. The lowest BCUT2D eigenvalue weighted by Gasteiger charge is -2.09. The topological polar surface area (TPSA) is 47.6 Å². The van der Waals surface area contributed by atoms with Crippen LogP contribution < -0.4 is 14.8 Å². The average Bonchev–Trinajstić information content (AvgIpc) is 2.55. The Bertz CT molecular complexity index is 696. The molecule has 5 heteroatoms. The zero-order chi connectivity index (χ0) is 16.7. The van der Waals surface area contributed by atoms with E-state index in [9.17, 15) is 4.79 Å². The minimum Gasteiger partial charge on any atom is -0.495 e. The fourth-order valence-electron chi connectivity index (χ4n) is 1.97. The van der Waals surface area contributed by atoms with Crippen molar-refractivity contribution in [3.8, 4) is 11.5 Å². The third kappa shape index (κ3) is 5.04. The van der Waals surface area contributed by atoms with Crippen LogP contribution in [0.3, 0.4) is 0 Å². The first-order valence-corrected chi connectivity index (χ1v) is 7.55. The van der Waals surface area contributed by atoms with Crippen molar-refractivity contribution in [1.29, 1.82) is 0 Å². The Kier molecular flexibility index (Phi) is 6.06. The van der Waals surface area contributed by atoms with Crippen molar-refractivity contribution in [2.75, 3.05) is 19.0 Å². The van der Waals surface area contributed by atoms with E-state index < -0.39 is 0 Å². The van der Waals surface area contributed by atoms with E-state index in [1.54, 1.807) is 24.3 Å². The van der Waals surface area contributed by atoms with E-state index in [-0.39, 0.29) is 5.91 Å². The van der Waals surface area contributed by atoms with Crippen molar-refractivity contribution >= 4 is 29.3 Å². The van der Waals surface area contributed by atoms with Crippen LogP contribution in [0.5, 0.6) is 11.5 Å². The first-order valence-electron chi connectivity index (χ1n) is 7.18. The van der Waals surface area contributed by atoms with Gasteiger partial charge >= 0.3 is 0 Å². The van der Waals surface area contributed by atoms with Gasteiger partial charge in [-0.1, -0.05) is 23.7 Å². The summed E-state index contributed by atoms with van der Waals surface area (Å²) in [7, 11) is 1.54. The van der Waals surface area contributed by atoms with E-state index in [0.29, 0.717) is 23.1 Å². The van der Waals surface area contributed by atoms with Crippen LogP contribution in [-0.2, 0) is 4.79 Å². The fraction of sp³-hybridized carbons (Fsp3) is 0.167. The third-order valence-electron chi connectivity index (χ3n) is 3.04. The van der Waals surface area contributed by atoms with Crippen molar-refractivity contribution in [2.45, 2.75) is 6.92 Å². The van der Waals surface area contributed by atoms with Gasteiger partial charge < -0.3 is 14.8 Å². The van der Waals surface area contributed by atoms with Crippen molar-refractivity contribution in [1.82, 2.24) is 0 Å². The van der Waals surface area contributed by atoms with E-state index in [0.717, 1.165) is 11.3 Å². The highest BCUT2D eigenvalue weighted by molar-refractivity contribution is 6.31. The number of amides is 1. The maximum absolute atomic E-state index is 12.0. The summed E-state index contributed by atoms with van der Waals surface area (Å²) in [5.41, 5.74) is 1.43. The number of rotatable bonds is 6. The molecule has 1 amide bonds. The summed E-state index contributed by atoms with van der Waals surface area (Å²) in [6.45, 7) is 2.56. The van der Waals surface area contributed by atoms with Gasteiger partial charge in [0.05, 0.1) is 19.4 Å². The predicted molar refractivity (Wildman–Crippen MR) is 93.3 cm³/mol. The smallest absolute Gasteiger partial charge is 0.248 e. The summed E-state index contributed by atoms with van der Waals surface area (Å²) in [5, 5.41) is 3.27. The summed E-state index contributed by atoms with van der Waals surface area (Å²) in [4.78, 5) is 12.0. The molecule has 0 saturated heterocycles. The van der Waals surface area contributed by atoms with Crippen molar-refractivity contribution in [2.24, 2.45) is 0 Å². The van der Waals surface area contributed by atoms with Crippen LogP contribution in [0, 0.1) is 0 Å². The Labute approximate surface area is 140 Å².